The van der Waals surface area contributed by atoms with Crippen molar-refractivity contribution in [3.8, 4) is 0 Å². The van der Waals surface area contributed by atoms with Crippen molar-refractivity contribution in [3.05, 3.63) is 41.5 Å². The maximum absolute atomic E-state index is 15.1. The molecule has 1 saturated carbocycles. The Morgan fingerprint density at radius 2 is 1.82 bits per heavy atom. The first kappa shape index (κ1) is 35.1. The number of hydrogen-bond acceptors (Lipinski definition) is 11. The molecule has 268 valence electrons. The summed E-state index contributed by atoms with van der Waals surface area (Å²) in [4.78, 5) is 72.6. The van der Waals surface area contributed by atoms with Crippen LogP contribution in [0, 0.1) is 5.92 Å². The maximum Gasteiger partial charge on any atom is 0.304 e. The lowest BCUT2D eigenvalue weighted by Gasteiger charge is -2.37. The van der Waals surface area contributed by atoms with Gasteiger partial charge in [0.15, 0.2) is 5.58 Å². The predicted molar refractivity (Wildman–Crippen MR) is 176 cm³/mol. The van der Waals surface area contributed by atoms with Crippen LogP contribution >= 0.6 is 0 Å². The summed E-state index contributed by atoms with van der Waals surface area (Å²) in [6.07, 6.45) is 7.12. The van der Waals surface area contributed by atoms with E-state index in [9.17, 15) is 24.3 Å². The number of hydrogen-bond donors (Lipinski definition) is 4. The van der Waals surface area contributed by atoms with Crippen LogP contribution in [0.25, 0.3) is 11.1 Å². The summed E-state index contributed by atoms with van der Waals surface area (Å²) in [5.74, 6) is -4.78. The number of primary amides is 2. The molecule has 16 nitrogen and oxygen atoms in total. The van der Waals surface area contributed by atoms with E-state index in [1.54, 1.807) is 32.0 Å². The Morgan fingerprint density at radius 1 is 1.10 bits per heavy atom. The molecular weight excluding hydrogens is 648 g/mol. The molecule has 2 aromatic heterocycles. The highest BCUT2D eigenvalue weighted by Crippen LogP contribution is 2.40. The van der Waals surface area contributed by atoms with Gasteiger partial charge in [-0.2, -0.15) is 0 Å². The number of rotatable bonds is 11. The molecule has 16 heteroatoms. The molecule has 6 N–H and O–H groups in total. The summed E-state index contributed by atoms with van der Waals surface area (Å²) in [6, 6.07) is 3.47. The number of nitrogens with two attached hydrogens (primary N) is 2. The Kier molecular flexibility index (Phi) is 9.77. The largest absolute Gasteiger partial charge is 0.432 e. The molecule has 2 saturated heterocycles. The van der Waals surface area contributed by atoms with Gasteiger partial charge in [-0.05, 0) is 37.8 Å². The highest BCUT2D eigenvalue weighted by atomic mass is 16.5. The second kappa shape index (κ2) is 13.9. The van der Waals surface area contributed by atoms with E-state index in [0.717, 1.165) is 32.1 Å². The van der Waals surface area contributed by atoms with Crippen molar-refractivity contribution >= 4 is 40.5 Å². The molecule has 4 heterocycles. The van der Waals surface area contributed by atoms with E-state index in [-0.39, 0.29) is 56.7 Å². The van der Waals surface area contributed by atoms with Gasteiger partial charge in [-0.3, -0.25) is 24.0 Å². The van der Waals surface area contributed by atoms with E-state index in [2.05, 4.69) is 20.6 Å². The molecule has 3 aliphatic rings. The molecule has 1 aromatic carbocycles. The minimum absolute atomic E-state index is 0.0335. The standard InChI is InChI=1S/C34H44N8O8/c1-33(2,48)25-17-37-40-42(25)20-16-23(30(46)39-34(27(43)28(35)44)11-13-49-14-12-34)41(18-20)32(47)22(15-19-7-4-3-5-8-19)21-9-6-10-24-26(21)38-31(50-24)29(36)45/h6,9-10,17,19-20,22-23,48H,3-5,7-8,11-16,18H2,1-2H3,(H2,35,44)(H2,36,45)(H,39,46)/t20-,22+,23-/m0/s1. The monoisotopic (exact) mass is 692 g/mol. The molecule has 50 heavy (non-hydrogen) atoms. The molecule has 3 fully saturated rings. The third kappa shape index (κ3) is 6.86. The summed E-state index contributed by atoms with van der Waals surface area (Å²) in [7, 11) is 0. The number of para-hydroxylation sites is 1. The molecule has 3 aromatic rings. The molecule has 2 aliphatic heterocycles. The third-order valence-corrected chi connectivity index (χ3v) is 10.4. The van der Waals surface area contributed by atoms with E-state index in [4.69, 9.17) is 20.6 Å². The quantitative estimate of drug-likeness (QED) is 0.209. The van der Waals surface area contributed by atoms with Gasteiger partial charge in [-0.1, -0.05) is 49.5 Å². The minimum atomic E-state index is -1.58. The summed E-state index contributed by atoms with van der Waals surface area (Å²) >= 11 is 0. The summed E-state index contributed by atoms with van der Waals surface area (Å²) < 4.78 is 12.6. The van der Waals surface area contributed by atoms with E-state index in [1.807, 2.05) is 0 Å². The van der Waals surface area contributed by atoms with Gasteiger partial charge in [0.25, 0.3) is 11.8 Å². The van der Waals surface area contributed by atoms with Crippen LogP contribution in [0.3, 0.4) is 0 Å². The lowest BCUT2D eigenvalue weighted by Crippen LogP contribution is -2.63. The number of carbonyl (C=O) groups excluding carboxylic acids is 5. The van der Waals surface area contributed by atoms with Crippen LogP contribution in [0.5, 0.6) is 0 Å². The van der Waals surface area contributed by atoms with E-state index in [0.29, 0.717) is 28.8 Å². The highest BCUT2D eigenvalue weighted by Gasteiger charge is 2.49. The number of aliphatic hydroxyl groups is 1. The fourth-order valence-corrected chi connectivity index (χ4v) is 7.79. The van der Waals surface area contributed by atoms with Gasteiger partial charge in [-0.25, -0.2) is 9.67 Å². The van der Waals surface area contributed by atoms with Crippen LogP contribution in [0.4, 0.5) is 0 Å². The van der Waals surface area contributed by atoms with Crippen LogP contribution in [0.1, 0.15) is 106 Å². The number of carbonyl (C=O) groups is 5. The first-order valence-electron chi connectivity index (χ1n) is 17.2. The molecule has 6 rings (SSSR count). The van der Waals surface area contributed by atoms with Gasteiger partial charge >= 0.3 is 5.91 Å². The number of amides is 4. The van der Waals surface area contributed by atoms with Crippen molar-refractivity contribution in [3.63, 3.8) is 0 Å². The van der Waals surface area contributed by atoms with Crippen molar-refractivity contribution in [1.29, 1.82) is 0 Å². The number of Topliss-reactive ketones (excluding diaryl/α,β-unsaturated/α-hetero) is 1. The topological polar surface area (TPSA) is 239 Å². The van der Waals surface area contributed by atoms with Crippen LogP contribution in [0.2, 0.25) is 0 Å². The second-order valence-electron chi connectivity index (χ2n) is 14.3. The number of likely N-dealkylation sites (tertiary alicyclic amines) is 1. The fraction of sp³-hybridized carbons (Fsp3) is 0.588. The normalized spacial score (nSPS) is 21.9. The predicted octanol–water partition coefficient (Wildman–Crippen LogP) is 1.36. The van der Waals surface area contributed by atoms with Gasteiger partial charge in [0.2, 0.25) is 17.6 Å². The average molecular weight is 693 g/mol. The van der Waals surface area contributed by atoms with Crippen molar-refractivity contribution in [2.45, 2.75) is 101 Å². The molecule has 1 aliphatic carbocycles. The minimum Gasteiger partial charge on any atom is -0.432 e. The number of ether oxygens (including phenoxy) is 1. The Bertz CT molecular complexity index is 1780. The van der Waals surface area contributed by atoms with Gasteiger partial charge in [0.05, 0.1) is 23.9 Å². The van der Waals surface area contributed by atoms with E-state index < -0.39 is 52.6 Å². The molecule has 0 radical (unpaired) electrons. The Morgan fingerprint density at radius 3 is 2.48 bits per heavy atom. The number of ketones is 1. The van der Waals surface area contributed by atoms with Gasteiger partial charge in [0.1, 0.15) is 22.7 Å². The smallest absolute Gasteiger partial charge is 0.304 e. The molecule has 0 bridgehead atoms. The zero-order chi connectivity index (χ0) is 35.8. The Hall–Kier alpha value is -4.70. The van der Waals surface area contributed by atoms with Crippen LogP contribution in [-0.4, -0.2) is 90.7 Å². The number of nitrogens with zero attached hydrogens (tertiary/aromatic N) is 5. The van der Waals surface area contributed by atoms with Crippen molar-refractivity contribution in [2.24, 2.45) is 17.4 Å². The van der Waals surface area contributed by atoms with Crippen LogP contribution in [0.15, 0.2) is 28.8 Å². The first-order valence-corrected chi connectivity index (χ1v) is 17.2. The number of benzene rings is 1. The fourth-order valence-electron chi connectivity index (χ4n) is 7.79. The van der Waals surface area contributed by atoms with Gasteiger partial charge in [-0.15, -0.1) is 5.10 Å². The Balaban J connectivity index is 1.41. The van der Waals surface area contributed by atoms with Gasteiger partial charge in [0, 0.05) is 39.0 Å². The zero-order valence-electron chi connectivity index (χ0n) is 28.3. The first-order chi connectivity index (χ1) is 23.8. The third-order valence-electron chi connectivity index (χ3n) is 10.4. The Labute approximate surface area is 288 Å². The van der Waals surface area contributed by atoms with Gasteiger partial charge < -0.3 is 35.9 Å². The van der Waals surface area contributed by atoms with E-state index >= 15 is 4.79 Å². The number of aromatic nitrogens is 4. The lowest BCUT2D eigenvalue weighted by atomic mass is 9.79. The SMILES string of the molecule is CC(C)(O)c1cnnn1[C@H]1C[C@@H](C(=O)NC2(C(=O)C(N)=O)CCOCC2)N(C(=O)[C@H](CC2CCCCC2)c2cccc3oc(C(N)=O)nc23)C1. The van der Waals surface area contributed by atoms with Crippen LogP contribution in [-0.2, 0) is 29.5 Å². The molecule has 0 unspecified atom stereocenters. The van der Waals surface area contributed by atoms with Crippen molar-refractivity contribution < 1.29 is 38.2 Å². The molecule has 0 spiro atoms. The maximum atomic E-state index is 15.1. The number of nitrogens with one attached hydrogen (secondary N) is 1. The highest BCUT2D eigenvalue weighted by molar-refractivity contribution is 6.39. The number of fused-ring (bicyclic) bond motifs is 1. The lowest BCUT2D eigenvalue weighted by molar-refractivity contribution is -0.147. The molecular formula is C34H44N8O8. The summed E-state index contributed by atoms with van der Waals surface area (Å²) in [5.41, 5.74) is 9.57. The second-order valence-corrected chi connectivity index (χ2v) is 14.3. The number of oxazole rings is 1. The molecule has 4 amide bonds. The summed E-state index contributed by atoms with van der Waals surface area (Å²) in [6.45, 7) is 3.47. The zero-order valence-corrected chi connectivity index (χ0v) is 28.3. The average Bonchev–Trinajstić information content (AvgIpc) is 3.86. The van der Waals surface area contributed by atoms with E-state index in [1.165, 1.54) is 15.8 Å². The van der Waals surface area contributed by atoms with Crippen LogP contribution < -0.4 is 16.8 Å². The molecule has 3 atom stereocenters. The van der Waals surface area contributed by atoms with Crippen molar-refractivity contribution in [1.82, 2.24) is 30.2 Å². The summed E-state index contributed by atoms with van der Waals surface area (Å²) in [5, 5.41) is 22.0. The van der Waals surface area contributed by atoms with Crippen molar-refractivity contribution in [2.75, 3.05) is 19.8 Å².